The topological polar surface area (TPSA) is 29.1 Å². The van der Waals surface area contributed by atoms with Gasteiger partial charge >= 0.3 is 0 Å². The lowest BCUT2D eigenvalue weighted by atomic mass is 9.96. The maximum absolute atomic E-state index is 11.6. The van der Waals surface area contributed by atoms with E-state index < -0.39 is 5.38 Å². The Morgan fingerprint density at radius 1 is 1.19 bits per heavy atom. The molecule has 0 radical (unpaired) electrons. The minimum absolute atomic E-state index is 0.0231. The predicted molar refractivity (Wildman–Crippen MR) is 67.5 cm³/mol. The maximum Gasteiger partial charge on any atom is 0.238 e. The first-order valence-electron chi connectivity index (χ1n) is 5.51. The molecule has 0 aliphatic carbocycles. The summed E-state index contributed by atoms with van der Waals surface area (Å²) >= 11 is 5.75. The van der Waals surface area contributed by atoms with Crippen molar-refractivity contribution in [2.24, 2.45) is 5.92 Å². The molecule has 0 aliphatic rings. The van der Waals surface area contributed by atoms with E-state index in [-0.39, 0.29) is 11.9 Å². The normalized spacial score (nSPS) is 14.6. The van der Waals surface area contributed by atoms with Gasteiger partial charge in [-0.3, -0.25) is 4.79 Å². The highest BCUT2D eigenvalue weighted by atomic mass is 35.5. The minimum Gasteiger partial charge on any atom is -0.348 e. The van der Waals surface area contributed by atoms with Crippen molar-refractivity contribution in [3.63, 3.8) is 0 Å². The van der Waals surface area contributed by atoms with Crippen molar-refractivity contribution in [1.82, 2.24) is 5.32 Å². The van der Waals surface area contributed by atoms with Crippen LogP contribution >= 0.6 is 11.6 Å². The number of hydrogen-bond donors (Lipinski definition) is 1. The zero-order valence-corrected chi connectivity index (χ0v) is 10.7. The van der Waals surface area contributed by atoms with E-state index in [2.05, 4.69) is 19.2 Å². The van der Waals surface area contributed by atoms with Gasteiger partial charge < -0.3 is 5.32 Å². The van der Waals surface area contributed by atoms with Gasteiger partial charge in [-0.1, -0.05) is 44.2 Å². The van der Waals surface area contributed by atoms with E-state index in [1.54, 1.807) is 6.92 Å². The van der Waals surface area contributed by atoms with E-state index >= 15 is 0 Å². The fraction of sp³-hybridized carbons (Fsp3) is 0.462. The first kappa shape index (κ1) is 13.0. The van der Waals surface area contributed by atoms with Crippen LogP contribution in [-0.2, 0) is 4.79 Å². The molecule has 2 unspecified atom stereocenters. The number of benzene rings is 1. The zero-order chi connectivity index (χ0) is 12.1. The zero-order valence-electron chi connectivity index (χ0n) is 9.91. The Bertz CT molecular complexity index is 335. The van der Waals surface area contributed by atoms with E-state index in [4.69, 9.17) is 11.6 Å². The average Bonchev–Trinajstić information content (AvgIpc) is 2.26. The summed E-state index contributed by atoms with van der Waals surface area (Å²) < 4.78 is 0. The van der Waals surface area contributed by atoms with Crippen LogP contribution in [-0.4, -0.2) is 11.3 Å². The molecule has 1 N–H and O–H groups in total. The van der Waals surface area contributed by atoms with Gasteiger partial charge in [-0.25, -0.2) is 0 Å². The number of carbonyl (C=O) groups is 1. The van der Waals surface area contributed by atoms with Crippen molar-refractivity contribution in [3.05, 3.63) is 35.9 Å². The van der Waals surface area contributed by atoms with Crippen molar-refractivity contribution >= 4 is 17.5 Å². The second-order valence-electron chi connectivity index (χ2n) is 4.26. The first-order chi connectivity index (χ1) is 7.52. The molecule has 0 spiro atoms. The van der Waals surface area contributed by atoms with Gasteiger partial charge in [0, 0.05) is 0 Å². The standard InChI is InChI=1S/C13H18ClNO/c1-9(2)12(15-13(16)10(3)14)11-7-5-4-6-8-11/h4-10,12H,1-3H3,(H,15,16). The van der Waals surface area contributed by atoms with Gasteiger partial charge in [-0.15, -0.1) is 11.6 Å². The molecule has 0 aliphatic heterocycles. The van der Waals surface area contributed by atoms with E-state index in [0.717, 1.165) is 5.56 Å². The number of alkyl halides is 1. The summed E-state index contributed by atoms with van der Waals surface area (Å²) in [6.07, 6.45) is 0. The Morgan fingerprint density at radius 3 is 2.19 bits per heavy atom. The summed E-state index contributed by atoms with van der Waals surface area (Å²) in [4.78, 5) is 11.6. The summed E-state index contributed by atoms with van der Waals surface area (Å²) in [7, 11) is 0. The average molecular weight is 240 g/mol. The lowest BCUT2D eigenvalue weighted by molar-refractivity contribution is -0.121. The van der Waals surface area contributed by atoms with Crippen LogP contribution in [0.2, 0.25) is 0 Å². The Hall–Kier alpha value is -1.02. The molecule has 0 aromatic heterocycles. The number of hydrogen-bond acceptors (Lipinski definition) is 1. The fourth-order valence-corrected chi connectivity index (χ4v) is 1.63. The number of carbonyl (C=O) groups excluding carboxylic acids is 1. The van der Waals surface area contributed by atoms with Crippen molar-refractivity contribution in [2.75, 3.05) is 0 Å². The van der Waals surface area contributed by atoms with Crippen molar-refractivity contribution in [2.45, 2.75) is 32.2 Å². The molecule has 0 saturated heterocycles. The van der Waals surface area contributed by atoms with Crippen LogP contribution in [0.3, 0.4) is 0 Å². The molecule has 1 aromatic carbocycles. The summed E-state index contributed by atoms with van der Waals surface area (Å²) in [5.41, 5.74) is 1.11. The van der Waals surface area contributed by atoms with Gasteiger partial charge in [0.05, 0.1) is 6.04 Å². The first-order valence-corrected chi connectivity index (χ1v) is 5.95. The highest BCUT2D eigenvalue weighted by molar-refractivity contribution is 6.30. The van der Waals surface area contributed by atoms with Crippen LogP contribution in [0.1, 0.15) is 32.4 Å². The largest absolute Gasteiger partial charge is 0.348 e. The molecule has 2 nitrogen and oxygen atoms in total. The molecule has 0 fully saturated rings. The molecule has 0 heterocycles. The van der Waals surface area contributed by atoms with Crippen LogP contribution < -0.4 is 5.32 Å². The van der Waals surface area contributed by atoms with Gasteiger partial charge in [-0.05, 0) is 18.4 Å². The molecule has 1 amide bonds. The molecule has 1 rings (SSSR count). The van der Waals surface area contributed by atoms with E-state index in [0.29, 0.717) is 5.92 Å². The molecule has 3 heteroatoms. The molecule has 16 heavy (non-hydrogen) atoms. The smallest absolute Gasteiger partial charge is 0.238 e. The fourth-order valence-electron chi connectivity index (χ4n) is 1.56. The molecule has 88 valence electrons. The Balaban J connectivity index is 2.81. The molecule has 1 aromatic rings. The monoisotopic (exact) mass is 239 g/mol. The Labute approximate surface area is 102 Å². The van der Waals surface area contributed by atoms with Crippen molar-refractivity contribution < 1.29 is 4.79 Å². The number of nitrogens with one attached hydrogen (secondary N) is 1. The molecule has 2 atom stereocenters. The highest BCUT2D eigenvalue weighted by Crippen LogP contribution is 2.21. The SMILES string of the molecule is CC(Cl)C(=O)NC(c1ccccc1)C(C)C. The molecular weight excluding hydrogens is 222 g/mol. The summed E-state index contributed by atoms with van der Waals surface area (Å²) in [6, 6.07) is 9.97. The Morgan fingerprint density at radius 2 is 1.75 bits per heavy atom. The third-order valence-electron chi connectivity index (χ3n) is 2.48. The number of rotatable bonds is 4. The second kappa shape index (κ2) is 5.90. The van der Waals surface area contributed by atoms with E-state index in [1.165, 1.54) is 0 Å². The van der Waals surface area contributed by atoms with Gasteiger partial charge in [-0.2, -0.15) is 0 Å². The minimum atomic E-state index is -0.495. The van der Waals surface area contributed by atoms with E-state index in [1.807, 2.05) is 30.3 Å². The lowest BCUT2D eigenvalue weighted by Gasteiger charge is -2.23. The third-order valence-corrected chi connectivity index (χ3v) is 2.68. The molecular formula is C13H18ClNO. The van der Waals surface area contributed by atoms with E-state index in [9.17, 15) is 4.79 Å². The van der Waals surface area contributed by atoms with Gasteiger partial charge in [0.15, 0.2) is 0 Å². The summed E-state index contributed by atoms with van der Waals surface area (Å²) in [6.45, 7) is 5.84. The van der Waals surface area contributed by atoms with Crippen LogP contribution in [0, 0.1) is 5.92 Å². The van der Waals surface area contributed by atoms with Gasteiger partial charge in [0.2, 0.25) is 5.91 Å². The van der Waals surface area contributed by atoms with Crippen LogP contribution in [0.4, 0.5) is 0 Å². The lowest BCUT2D eigenvalue weighted by Crippen LogP contribution is -2.35. The molecule has 0 bridgehead atoms. The third kappa shape index (κ3) is 3.53. The second-order valence-corrected chi connectivity index (χ2v) is 4.91. The van der Waals surface area contributed by atoms with Crippen molar-refractivity contribution in [3.8, 4) is 0 Å². The quantitative estimate of drug-likeness (QED) is 0.804. The number of amides is 1. The maximum atomic E-state index is 11.6. The van der Waals surface area contributed by atoms with Gasteiger partial charge in [0.1, 0.15) is 5.38 Å². The van der Waals surface area contributed by atoms with Crippen LogP contribution in [0.5, 0.6) is 0 Å². The van der Waals surface area contributed by atoms with Crippen LogP contribution in [0.25, 0.3) is 0 Å². The summed E-state index contributed by atoms with van der Waals surface area (Å²) in [5, 5.41) is 2.47. The van der Waals surface area contributed by atoms with Crippen LogP contribution in [0.15, 0.2) is 30.3 Å². The highest BCUT2D eigenvalue weighted by Gasteiger charge is 2.19. The Kier molecular flexibility index (Phi) is 4.81. The van der Waals surface area contributed by atoms with Gasteiger partial charge in [0.25, 0.3) is 0 Å². The number of halogens is 1. The predicted octanol–water partition coefficient (Wildman–Crippen LogP) is 3.13. The molecule has 0 saturated carbocycles. The summed E-state index contributed by atoms with van der Waals surface area (Å²) in [5.74, 6) is 0.214. The van der Waals surface area contributed by atoms with Crippen molar-refractivity contribution in [1.29, 1.82) is 0 Å².